The second kappa shape index (κ2) is 3.33. The number of thiazole rings is 1. The molecule has 0 radical (unpaired) electrons. The van der Waals surface area contributed by atoms with Crippen molar-refractivity contribution in [3.63, 3.8) is 0 Å². The van der Waals surface area contributed by atoms with Crippen molar-refractivity contribution in [1.29, 1.82) is 0 Å². The summed E-state index contributed by atoms with van der Waals surface area (Å²) in [6, 6.07) is 0.172. The molecule has 1 aliphatic heterocycles. The molecule has 0 aromatic carbocycles. The number of nitrogens with one attached hydrogen (secondary N) is 1. The fourth-order valence-electron chi connectivity index (χ4n) is 1.37. The molecule has 1 saturated heterocycles. The highest BCUT2D eigenvalue weighted by Gasteiger charge is 2.21. The van der Waals surface area contributed by atoms with Gasteiger partial charge in [-0.3, -0.25) is 4.79 Å². The van der Waals surface area contributed by atoms with E-state index in [-0.39, 0.29) is 6.04 Å². The Hall–Kier alpha value is -0.740. The molecule has 2 heterocycles. The molecule has 64 valence electrons. The van der Waals surface area contributed by atoms with Crippen LogP contribution in [0.4, 0.5) is 0 Å². The van der Waals surface area contributed by atoms with Gasteiger partial charge in [-0.25, -0.2) is 4.98 Å². The normalized spacial score (nSPS) is 24.3. The van der Waals surface area contributed by atoms with Crippen molar-refractivity contribution in [1.82, 2.24) is 10.3 Å². The van der Waals surface area contributed by atoms with Gasteiger partial charge in [-0.2, -0.15) is 0 Å². The highest BCUT2D eigenvalue weighted by molar-refractivity contribution is 7.09. The Kier molecular flexibility index (Phi) is 2.19. The van der Waals surface area contributed by atoms with Crippen molar-refractivity contribution in [3.8, 4) is 0 Å². The fourth-order valence-corrected chi connectivity index (χ4v) is 2.08. The van der Waals surface area contributed by atoms with Crippen LogP contribution in [0.5, 0.6) is 0 Å². The number of Topliss-reactive ketones (excluding diaryl/α,β-unsaturated/α-hetero) is 1. The van der Waals surface area contributed by atoms with Crippen molar-refractivity contribution < 1.29 is 4.79 Å². The van der Waals surface area contributed by atoms with E-state index < -0.39 is 0 Å². The number of nitrogens with zero attached hydrogens (tertiary/aromatic N) is 1. The summed E-state index contributed by atoms with van der Waals surface area (Å²) in [6.07, 6.45) is 3.05. The van der Waals surface area contributed by atoms with E-state index in [4.69, 9.17) is 0 Å². The van der Waals surface area contributed by atoms with Gasteiger partial charge in [-0.05, 0) is 0 Å². The first-order valence-corrected chi connectivity index (χ1v) is 4.89. The summed E-state index contributed by atoms with van der Waals surface area (Å²) in [7, 11) is 0. The van der Waals surface area contributed by atoms with E-state index in [0.717, 1.165) is 11.6 Å². The summed E-state index contributed by atoms with van der Waals surface area (Å²) in [4.78, 5) is 15.3. The van der Waals surface area contributed by atoms with E-state index in [1.165, 1.54) is 0 Å². The first-order chi connectivity index (χ1) is 5.86. The predicted octanol–water partition coefficient (Wildman–Crippen LogP) is 1.14. The highest BCUT2D eigenvalue weighted by Crippen LogP contribution is 2.22. The third kappa shape index (κ3) is 1.54. The molecule has 1 unspecified atom stereocenters. The lowest BCUT2D eigenvalue weighted by Crippen LogP contribution is -2.31. The third-order valence-corrected chi connectivity index (χ3v) is 2.87. The van der Waals surface area contributed by atoms with E-state index in [9.17, 15) is 4.79 Å². The number of carbonyl (C=O) groups is 1. The molecular weight excluding hydrogens is 172 g/mol. The van der Waals surface area contributed by atoms with Gasteiger partial charge in [0.05, 0.1) is 6.04 Å². The van der Waals surface area contributed by atoms with E-state index in [1.807, 2.05) is 5.38 Å². The van der Waals surface area contributed by atoms with Gasteiger partial charge in [0, 0.05) is 31.0 Å². The van der Waals surface area contributed by atoms with E-state index >= 15 is 0 Å². The maximum absolute atomic E-state index is 11.1. The zero-order valence-corrected chi connectivity index (χ0v) is 7.43. The summed E-state index contributed by atoms with van der Waals surface area (Å²) < 4.78 is 0. The zero-order valence-electron chi connectivity index (χ0n) is 6.62. The Balaban J connectivity index is 2.09. The molecule has 12 heavy (non-hydrogen) atoms. The molecule has 1 aromatic heterocycles. The number of carbonyl (C=O) groups excluding carboxylic acids is 1. The van der Waals surface area contributed by atoms with Crippen LogP contribution < -0.4 is 5.32 Å². The minimum absolute atomic E-state index is 0.172. The molecule has 4 heteroatoms. The summed E-state index contributed by atoms with van der Waals surface area (Å²) in [5.74, 6) is 0.342. The molecule has 1 fully saturated rings. The maximum Gasteiger partial charge on any atom is 0.136 e. The van der Waals surface area contributed by atoms with Crippen LogP contribution in [0.1, 0.15) is 23.9 Å². The molecule has 1 atom stereocenters. The molecule has 0 bridgehead atoms. The van der Waals surface area contributed by atoms with Gasteiger partial charge < -0.3 is 5.32 Å². The molecule has 1 N–H and O–H groups in total. The van der Waals surface area contributed by atoms with Crippen LogP contribution in [0, 0.1) is 0 Å². The van der Waals surface area contributed by atoms with Crippen LogP contribution in [-0.2, 0) is 4.79 Å². The van der Waals surface area contributed by atoms with Crippen molar-refractivity contribution in [2.24, 2.45) is 0 Å². The highest BCUT2D eigenvalue weighted by atomic mass is 32.1. The largest absolute Gasteiger partial charge is 0.307 e. The fraction of sp³-hybridized carbons (Fsp3) is 0.500. The summed E-state index contributed by atoms with van der Waals surface area (Å²) in [5.41, 5.74) is 0. The standard InChI is InChI=1S/C8H10N2OS/c11-6-1-2-9-7(5-6)8-10-3-4-12-8/h3-4,7,9H,1-2,5H2. The van der Waals surface area contributed by atoms with Gasteiger partial charge in [0.25, 0.3) is 0 Å². The Bertz CT molecular complexity index is 271. The molecule has 0 aliphatic carbocycles. The number of rotatable bonds is 1. The lowest BCUT2D eigenvalue weighted by Gasteiger charge is -2.20. The van der Waals surface area contributed by atoms with Gasteiger partial charge in [-0.1, -0.05) is 0 Å². The number of ketones is 1. The van der Waals surface area contributed by atoms with Crippen molar-refractivity contribution in [3.05, 3.63) is 16.6 Å². The number of aromatic nitrogens is 1. The van der Waals surface area contributed by atoms with Crippen molar-refractivity contribution in [2.75, 3.05) is 6.54 Å². The second-order valence-electron chi connectivity index (χ2n) is 2.87. The molecular formula is C8H10N2OS. The minimum Gasteiger partial charge on any atom is -0.307 e. The predicted molar refractivity (Wildman–Crippen MR) is 47.1 cm³/mol. The molecule has 1 aromatic rings. The van der Waals surface area contributed by atoms with Gasteiger partial charge in [-0.15, -0.1) is 11.3 Å². The smallest absolute Gasteiger partial charge is 0.136 e. The van der Waals surface area contributed by atoms with Crippen LogP contribution in [-0.4, -0.2) is 17.3 Å². The topological polar surface area (TPSA) is 42.0 Å². The maximum atomic E-state index is 11.1. The number of hydrogen-bond acceptors (Lipinski definition) is 4. The summed E-state index contributed by atoms with van der Waals surface area (Å²) in [5, 5.41) is 6.25. The molecule has 0 spiro atoms. The van der Waals surface area contributed by atoms with E-state index in [0.29, 0.717) is 18.6 Å². The Labute approximate surface area is 74.8 Å². The van der Waals surface area contributed by atoms with E-state index in [2.05, 4.69) is 10.3 Å². The molecule has 3 nitrogen and oxygen atoms in total. The average molecular weight is 182 g/mol. The summed E-state index contributed by atoms with van der Waals surface area (Å²) in [6.45, 7) is 0.795. The molecule has 0 amide bonds. The summed E-state index contributed by atoms with van der Waals surface area (Å²) >= 11 is 1.61. The Morgan fingerprint density at radius 2 is 2.58 bits per heavy atom. The second-order valence-corrected chi connectivity index (χ2v) is 3.80. The average Bonchev–Trinajstić information content (AvgIpc) is 2.56. The van der Waals surface area contributed by atoms with Gasteiger partial charge in [0.15, 0.2) is 0 Å². The van der Waals surface area contributed by atoms with Gasteiger partial charge >= 0.3 is 0 Å². The lowest BCUT2D eigenvalue weighted by atomic mass is 10.0. The van der Waals surface area contributed by atoms with Gasteiger partial charge in [0.1, 0.15) is 10.8 Å². The van der Waals surface area contributed by atoms with Crippen LogP contribution in [0.25, 0.3) is 0 Å². The monoisotopic (exact) mass is 182 g/mol. The first kappa shape index (κ1) is 7.89. The quantitative estimate of drug-likeness (QED) is 0.708. The molecule has 0 saturated carbocycles. The van der Waals surface area contributed by atoms with Crippen molar-refractivity contribution >= 4 is 17.1 Å². The van der Waals surface area contributed by atoms with Crippen LogP contribution in [0.15, 0.2) is 11.6 Å². The minimum atomic E-state index is 0.172. The number of piperidine rings is 1. The van der Waals surface area contributed by atoms with E-state index in [1.54, 1.807) is 17.5 Å². The lowest BCUT2D eigenvalue weighted by molar-refractivity contribution is -0.120. The van der Waals surface area contributed by atoms with Gasteiger partial charge in [0.2, 0.25) is 0 Å². The molecule has 1 aliphatic rings. The first-order valence-electron chi connectivity index (χ1n) is 4.01. The molecule has 2 rings (SSSR count). The number of hydrogen-bond donors (Lipinski definition) is 1. The van der Waals surface area contributed by atoms with Crippen molar-refractivity contribution in [2.45, 2.75) is 18.9 Å². The van der Waals surface area contributed by atoms with Crippen LogP contribution >= 0.6 is 11.3 Å². The Morgan fingerprint density at radius 1 is 1.67 bits per heavy atom. The van der Waals surface area contributed by atoms with Crippen LogP contribution in [0.2, 0.25) is 0 Å². The van der Waals surface area contributed by atoms with Crippen LogP contribution in [0.3, 0.4) is 0 Å². The SMILES string of the molecule is O=C1CCNC(c2nccs2)C1. The zero-order chi connectivity index (χ0) is 8.39. The Morgan fingerprint density at radius 3 is 3.25 bits per heavy atom. The third-order valence-electron chi connectivity index (χ3n) is 1.98.